The summed E-state index contributed by atoms with van der Waals surface area (Å²) in [5.74, 6) is 0.679. The van der Waals surface area contributed by atoms with E-state index in [0.717, 1.165) is 38.5 Å². The smallest absolute Gasteiger partial charge is 0.270 e. The summed E-state index contributed by atoms with van der Waals surface area (Å²) in [4.78, 5) is 25.2. The molecule has 1 aromatic heterocycles. The van der Waals surface area contributed by atoms with Crippen molar-refractivity contribution in [1.82, 2.24) is 20.2 Å². The van der Waals surface area contributed by atoms with Gasteiger partial charge in [-0.2, -0.15) is 0 Å². The van der Waals surface area contributed by atoms with E-state index in [4.69, 9.17) is 0 Å². The van der Waals surface area contributed by atoms with Crippen LogP contribution in [0, 0.1) is 0 Å². The minimum Gasteiger partial charge on any atom is -0.354 e. The summed E-state index contributed by atoms with van der Waals surface area (Å²) < 4.78 is 0. The summed E-state index contributed by atoms with van der Waals surface area (Å²) in [7, 11) is 0. The molecule has 0 unspecified atom stereocenters. The van der Waals surface area contributed by atoms with E-state index in [1.807, 2.05) is 20.8 Å². The second-order valence-corrected chi connectivity index (χ2v) is 6.39. The first-order valence-corrected chi connectivity index (χ1v) is 7.51. The molecule has 2 heterocycles. The fourth-order valence-electron chi connectivity index (χ4n) is 2.34. The maximum atomic E-state index is 12.2. The Morgan fingerprint density at radius 1 is 1.24 bits per heavy atom. The van der Waals surface area contributed by atoms with Crippen LogP contribution in [0.1, 0.15) is 38.2 Å². The maximum Gasteiger partial charge on any atom is 0.270 e. The van der Waals surface area contributed by atoms with Gasteiger partial charge in [-0.25, -0.2) is 9.97 Å². The van der Waals surface area contributed by atoms with E-state index in [1.54, 1.807) is 6.07 Å². The molecule has 0 aromatic carbocycles. The average Bonchev–Trinajstić information content (AvgIpc) is 2.46. The Bertz CT molecular complexity index is 489. The molecule has 1 amide bonds. The van der Waals surface area contributed by atoms with Gasteiger partial charge in [0.05, 0.1) is 0 Å². The van der Waals surface area contributed by atoms with Crippen LogP contribution in [0.15, 0.2) is 12.4 Å². The van der Waals surface area contributed by atoms with Gasteiger partial charge in [-0.1, -0.05) is 6.92 Å². The first-order chi connectivity index (χ1) is 9.89. The molecule has 0 spiro atoms. The van der Waals surface area contributed by atoms with Crippen LogP contribution in [0.5, 0.6) is 0 Å². The molecular formula is C15H25N5O. The fraction of sp³-hybridized carbons (Fsp3) is 0.667. The summed E-state index contributed by atoms with van der Waals surface area (Å²) in [6.07, 6.45) is 1.47. The van der Waals surface area contributed by atoms with Crippen LogP contribution in [-0.2, 0) is 0 Å². The van der Waals surface area contributed by atoms with Gasteiger partial charge in [-0.15, -0.1) is 0 Å². The van der Waals surface area contributed by atoms with Gasteiger partial charge < -0.3 is 15.1 Å². The van der Waals surface area contributed by atoms with Crippen molar-refractivity contribution in [3.8, 4) is 0 Å². The highest BCUT2D eigenvalue weighted by Crippen LogP contribution is 2.14. The second kappa shape index (κ2) is 6.39. The lowest BCUT2D eigenvalue weighted by atomic mass is 10.1. The zero-order chi connectivity index (χ0) is 15.5. The van der Waals surface area contributed by atoms with Crippen molar-refractivity contribution in [3.63, 3.8) is 0 Å². The lowest BCUT2D eigenvalue weighted by Gasteiger charge is -2.34. The van der Waals surface area contributed by atoms with Gasteiger partial charge in [0.25, 0.3) is 5.91 Å². The van der Waals surface area contributed by atoms with E-state index in [-0.39, 0.29) is 11.4 Å². The van der Waals surface area contributed by atoms with Crippen molar-refractivity contribution in [2.24, 2.45) is 0 Å². The number of nitrogens with one attached hydrogen (secondary N) is 1. The highest BCUT2D eigenvalue weighted by Gasteiger charge is 2.20. The van der Waals surface area contributed by atoms with E-state index in [9.17, 15) is 4.79 Å². The molecule has 1 saturated heterocycles. The van der Waals surface area contributed by atoms with Crippen molar-refractivity contribution in [1.29, 1.82) is 0 Å². The van der Waals surface area contributed by atoms with Crippen molar-refractivity contribution in [2.45, 2.75) is 33.2 Å². The molecule has 0 atom stereocenters. The number of hydrogen-bond acceptors (Lipinski definition) is 5. The molecule has 1 N–H and O–H groups in total. The molecule has 116 valence electrons. The summed E-state index contributed by atoms with van der Waals surface area (Å²) in [6, 6.07) is 1.78. The lowest BCUT2D eigenvalue weighted by molar-refractivity contribution is 0.0914. The third-order valence-corrected chi connectivity index (χ3v) is 3.52. The number of amides is 1. The van der Waals surface area contributed by atoms with Crippen LogP contribution in [-0.4, -0.2) is 59.0 Å². The van der Waals surface area contributed by atoms with Gasteiger partial charge in [-0.3, -0.25) is 4.79 Å². The largest absolute Gasteiger partial charge is 0.354 e. The van der Waals surface area contributed by atoms with Crippen LogP contribution in [0.4, 0.5) is 5.82 Å². The molecular weight excluding hydrogens is 266 g/mol. The highest BCUT2D eigenvalue weighted by atomic mass is 16.2. The number of piperazine rings is 1. The number of rotatable bonds is 3. The average molecular weight is 291 g/mol. The van der Waals surface area contributed by atoms with Gasteiger partial charge in [0.1, 0.15) is 17.8 Å². The van der Waals surface area contributed by atoms with Crippen molar-refractivity contribution in [3.05, 3.63) is 18.1 Å². The number of aromatic nitrogens is 2. The van der Waals surface area contributed by atoms with Gasteiger partial charge in [0.2, 0.25) is 0 Å². The predicted octanol–water partition coefficient (Wildman–Crippen LogP) is 1.15. The minimum absolute atomic E-state index is 0.154. The molecule has 1 aromatic rings. The first kappa shape index (κ1) is 15.7. The number of anilines is 1. The van der Waals surface area contributed by atoms with E-state index in [2.05, 4.69) is 32.0 Å². The Balaban J connectivity index is 2.06. The van der Waals surface area contributed by atoms with Crippen LogP contribution in [0.25, 0.3) is 0 Å². The Morgan fingerprint density at radius 2 is 1.90 bits per heavy atom. The number of carbonyl (C=O) groups excluding carboxylic acids is 1. The molecule has 1 fully saturated rings. The van der Waals surface area contributed by atoms with E-state index >= 15 is 0 Å². The molecule has 0 saturated carbocycles. The van der Waals surface area contributed by atoms with E-state index in [0.29, 0.717) is 5.69 Å². The third kappa shape index (κ3) is 4.39. The Hall–Kier alpha value is -1.69. The van der Waals surface area contributed by atoms with Gasteiger partial charge in [0.15, 0.2) is 0 Å². The van der Waals surface area contributed by atoms with Gasteiger partial charge in [0, 0.05) is 37.8 Å². The Labute approximate surface area is 126 Å². The van der Waals surface area contributed by atoms with Crippen molar-refractivity contribution >= 4 is 11.7 Å². The number of likely N-dealkylation sites (N-methyl/N-ethyl adjacent to an activating group) is 1. The number of carbonyl (C=O) groups is 1. The molecule has 2 rings (SSSR count). The number of nitrogens with zero attached hydrogens (tertiary/aromatic N) is 4. The predicted molar refractivity (Wildman–Crippen MR) is 83.6 cm³/mol. The van der Waals surface area contributed by atoms with Crippen LogP contribution in [0.3, 0.4) is 0 Å². The Kier molecular flexibility index (Phi) is 4.77. The fourth-order valence-corrected chi connectivity index (χ4v) is 2.34. The molecule has 21 heavy (non-hydrogen) atoms. The monoisotopic (exact) mass is 291 g/mol. The van der Waals surface area contributed by atoms with Crippen LogP contribution < -0.4 is 10.2 Å². The van der Waals surface area contributed by atoms with Crippen molar-refractivity contribution < 1.29 is 4.79 Å². The summed E-state index contributed by atoms with van der Waals surface area (Å²) in [5.41, 5.74) is 0.155. The summed E-state index contributed by atoms with van der Waals surface area (Å²) in [6.45, 7) is 13.1. The topological polar surface area (TPSA) is 61.4 Å². The van der Waals surface area contributed by atoms with Gasteiger partial charge in [-0.05, 0) is 27.3 Å². The van der Waals surface area contributed by atoms with Crippen LogP contribution >= 0.6 is 0 Å². The molecule has 6 heteroatoms. The Morgan fingerprint density at radius 3 is 2.48 bits per heavy atom. The molecule has 0 radical (unpaired) electrons. The summed E-state index contributed by atoms with van der Waals surface area (Å²) in [5, 5.41) is 2.93. The molecule has 0 bridgehead atoms. The highest BCUT2D eigenvalue weighted by molar-refractivity contribution is 5.93. The third-order valence-electron chi connectivity index (χ3n) is 3.52. The molecule has 1 aliphatic heterocycles. The minimum atomic E-state index is -0.269. The van der Waals surface area contributed by atoms with Gasteiger partial charge >= 0.3 is 0 Å². The molecule has 1 aliphatic rings. The number of hydrogen-bond donors (Lipinski definition) is 1. The van der Waals surface area contributed by atoms with Crippen LogP contribution in [0.2, 0.25) is 0 Å². The molecule has 0 aliphatic carbocycles. The normalized spacial score (nSPS) is 16.9. The van der Waals surface area contributed by atoms with E-state index in [1.165, 1.54) is 6.33 Å². The maximum absolute atomic E-state index is 12.2. The van der Waals surface area contributed by atoms with E-state index < -0.39 is 0 Å². The zero-order valence-corrected chi connectivity index (χ0v) is 13.4. The van der Waals surface area contributed by atoms with Crippen molar-refractivity contribution in [2.75, 3.05) is 37.6 Å². The summed E-state index contributed by atoms with van der Waals surface area (Å²) >= 11 is 0. The standard InChI is InChI=1S/C15H25N5O/c1-5-19-6-8-20(9-7-19)13-10-12(16-11-17-13)14(21)18-15(2,3)4/h10-11H,5-9H2,1-4H3,(H,18,21). The SMILES string of the molecule is CCN1CCN(c2cc(C(=O)NC(C)(C)C)ncn2)CC1. The zero-order valence-electron chi connectivity index (χ0n) is 13.4. The second-order valence-electron chi connectivity index (χ2n) is 6.39. The molecule has 6 nitrogen and oxygen atoms in total. The quantitative estimate of drug-likeness (QED) is 0.905. The lowest BCUT2D eigenvalue weighted by Crippen LogP contribution is -2.46. The first-order valence-electron chi connectivity index (χ1n) is 7.51.